The Morgan fingerprint density at radius 2 is 2.50 bits per heavy atom. The Labute approximate surface area is 59.6 Å². The first-order valence-corrected chi connectivity index (χ1v) is 2.61. The molecule has 0 heterocycles. The fourth-order valence-corrected chi connectivity index (χ4v) is 0.448. The Balaban J connectivity index is 3.89. The van der Waals surface area contributed by atoms with E-state index >= 15 is 0 Å². The third-order valence-corrected chi connectivity index (χ3v) is 0.950. The summed E-state index contributed by atoms with van der Waals surface area (Å²) in [5.74, 6) is -1.87. The summed E-state index contributed by atoms with van der Waals surface area (Å²) in [7, 11) is -0.246. The molecule has 0 aliphatic carbocycles. The molecule has 0 radical (unpaired) electrons. The number of rotatable bonds is 4. The van der Waals surface area contributed by atoms with Gasteiger partial charge in [0.1, 0.15) is 6.04 Å². The first-order valence-electron chi connectivity index (χ1n) is 3.32. The van der Waals surface area contributed by atoms with Crippen molar-refractivity contribution in [1.29, 1.82) is 0 Å². The molecule has 4 N–H and O–H groups in total. The molecular weight excluding hydrogens is 136 g/mol. The molecule has 0 aromatic rings. The summed E-state index contributed by atoms with van der Waals surface area (Å²) < 4.78 is 6.64. The van der Waals surface area contributed by atoms with Gasteiger partial charge in [0, 0.05) is 1.37 Å². The highest BCUT2D eigenvalue weighted by atomic mass is 16.4. The van der Waals surface area contributed by atoms with Gasteiger partial charge in [-0.2, -0.15) is 0 Å². The molecule has 58 valence electrons. The molecule has 5 nitrogen and oxygen atoms in total. The maximum Gasteiger partial charge on any atom is 0.321 e. The maximum atomic E-state index is 10.3. The highest BCUT2D eigenvalue weighted by Gasteiger charge is 2.16. The van der Waals surface area contributed by atoms with E-state index in [1.807, 2.05) is 0 Å². The number of hydrogen-bond acceptors (Lipinski definition) is 3. The Bertz CT molecular complexity index is 162. The summed E-state index contributed by atoms with van der Waals surface area (Å²) in [4.78, 5) is 20.5. The van der Waals surface area contributed by atoms with Gasteiger partial charge < -0.3 is 16.2 Å². The van der Waals surface area contributed by atoms with Gasteiger partial charge in [-0.1, -0.05) is 0 Å². The zero-order chi connectivity index (χ0) is 8.85. The van der Waals surface area contributed by atoms with Gasteiger partial charge in [-0.3, -0.25) is 9.59 Å². The van der Waals surface area contributed by atoms with Crippen molar-refractivity contribution in [3.8, 4) is 0 Å². The van der Waals surface area contributed by atoms with Gasteiger partial charge in [-0.25, -0.2) is 0 Å². The van der Waals surface area contributed by atoms with Crippen LogP contribution < -0.4 is 11.1 Å². The van der Waals surface area contributed by atoms with Crippen molar-refractivity contribution < 1.29 is 16.1 Å². The Hall–Kier alpha value is -1.10. The molecule has 0 saturated carbocycles. The fourth-order valence-electron chi connectivity index (χ4n) is 0.448. The lowest BCUT2D eigenvalue weighted by Crippen LogP contribution is -2.37. The number of primary amides is 1. The van der Waals surface area contributed by atoms with Gasteiger partial charge >= 0.3 is 5.97 Å². The molecule has 10 heavy (non-hydrogen) atoms. The van der Waals surface area contributed by atoms with Crippen molar-refractivity contribution in [2.24, 2.45) is 5.73 Å². The third kappa shape index (κ3) is 3.03. The smallest absolute Gasteiger partial charge is 0.321 e. The molecule has 1 atom stereocenters. The monoisotopic (exact) mass is 147 g/mol. The molecule has 1 amide bonds. The predicted octanol–water partition coefficient (Wildman–Crippen LogP) is -1.47. The van der Waals surface area contributed by atoms with Crippen molar-refractivity contribution in [3.05, 3.63) is 0 Å². The molecule has 0 rings (SSSR count). The number of hydrogen-bond donors (Lipinski definition) is 3. The molecule has 5 heteroatoms. The second-order valence-corrected chi connectivity index (χ2v) is 1.77. The normalized spacial score (nSPS) is 13.8. The maximum absolute atomic E-state index is 10.3. The van der Waals surface area contributed by atoms with Crippen LogP contribution in [0.3, 0.4) is 0 Å². The highest BCUT2D eigenvalue weighted by molar-refractivity contribution is 5.83. The Morgan fingerprint density at radius 3 is 2.80 bits per heavy atom. The number of nitrogens with one attached hydrogen (secondary N) is 1. The van der Waals surface area contributed by atoms with Crippen molar-refractivity contribution in [1.82, 2.24) is 5.32 Å². The molecular formula is C5H10N2O3. The van der Waals surface area contributed by atoms with Crippen molar-refractivity contribution in [3.63, 3.8) is 0 Å². The average Bonchev–Trinajstić information content (AvgIpc) is 1.86. The molecule has 0 spiro atoms. The molecule has 0 fully saturated rings. The SMILES string of the molecule is [2H]CNC(CC(N)=O)C(=O)O. The number of likely N-dealkylation sites (N-methyl/N-ethyl adjacent to an activating group) is 1. The van der Waals surface area contributed by atoms with Crippen LogP contribution in [0.25, 0.3) is 0 Å². The molecule has 0 saturated heterocycles. The van der Waals surface area contributed by atoms with Gasteiger partial charge in [0.2, 0.25) is 5.91 Å². The second kappa shape index (κ2) is 3.84. The van der Waals surface area contributed by atoms with E-state index in [0.29, 0.717) is 0 Å². The number of carbonyl (C=O) groups excluding carboxylic acids is 1. The van der Waals surface area contributed by atoms with Crippen LogP contribution in [0, 0.1) is 0 Å². The van der Waals surface area contributed by atoms with Crippen molar-refractivity contribution in [2.75, 3.05) is 7.02 Å². The summed E-state index contributed by atoms with van der Waals surface area (Å²) in [6.45, 7) is 0. The lowest BCUT2D eigenvalue weighted by Gasteiger charge is -2.06. The van der Waals surface area contributed by atoms with Crippen LogP contribution in [0.2, 0.25) is 0 Å². The zero-order valence-corrected chi connectivity index (χ0v) is 5.33. The van der Waals surface area contributed by atoms with Crippen LogP contribution in [0.15, 0.2) is 0 Å². The van der Waals surface area contributed by atoms with Crippen molar-refractivity contribution in [2.45, 2.75) is 12.5 Å². The van der Waals surface area contributed by atoms with Crippen LogP contribution in [0.1, 0.15) is 7.79 Å². The molecule has 1 unspecified atom stereocenters. The average molecular weight is 147 g/mol. The summed E-state index contributed by atoms with van der Waals surface area (Å²) >= 11 is 0. The lowest BCUT2D eigenvalue weighted by atomic mass is 10.2. The number of carboxylic acids is 1. The van der Waals surface area contributed by atoms with Gasteiger partial charge in [-0.05, 0) is 7.02 Å². The van der Waals surface area contributed by atoms with Gasteiger partial charge in [0.05, 0.1) is 6.42 Å². The Kier molecular flexibility index (Phi) is 2.69. The summed E-state index contributed by atoms with van der Waals surface area (Å²) in [6.07, 6.45) is -0.284. The topological polar surface area (TPSA) is 92.4 Å². The predicted molar refractivity (Wildman–Crippen MR) is 34.3 cm³/mol. The van der Waals surface area contributed by atoms with Crippen LogP contribution >= 0.6 is 0 Å². The minimum Gasteiger partial charge on any atom is -0.480 e. The Morgan fingerprint density at radius 1 is 1.90 bits per heavy atom. The van der Waals surface area contributed by atoms with E-state index < -0.39 is 17.9 Å². The van der Waals surface area contributed by atoms with Gasteiger partial charge in [-0.15, -0.1) is 0 Å². The number of amides is 1. The fraction of sp³-hybridized carbons (Fsp3) is 0.600. The second-order valence-electron chi connectivity index (χ2n) is 1.77. The van der Waals surface area contributed by atoms with Crippen LogP contribution in [-0.2, 0) is 9.59 Å². The van der Waals surface area contributed by atoms with E-state index in [9.17, 15) is 9.59 Å². The minimum absolute atomic E-state index is 0.246. The van der Waals surface area contributed by atoms with E-state index in [1.54, 1.807) is 0 Å². The van der Waals surface area contributed by atoms with E-state index in [2.05, 4.69) is 5.32 Å². The summed E-state index contributed by atoms with van der Waals surface area (Å²) in [5, 5.41) is 10.7. The van der Waals surface area contributed by atoms with Gasteiger partial charge in [0.25, 0.3) is 0 Å². The largest absolute Gasteiger partial charge is 0.480 e. The first-order chi connectivity index (χ1) is 5.07. The van der Waals surface area contributed by atoms with E-state index in [1.165, 1.54) is 0 Å². The van der Waals surface area contributed by atoms with E-state index in [4.69, 9.17) is 12.2 Å². The van der Waals surface area contributed by atoms with Gasteiger partial charge in [0.15, 0.2) is 0 Å². The van der Waals surface area contributed by atoms with Crippen molar-refractivity contribution >= 4 is 11.9 Å². The molecule has 0 aromatic carbocycles. The summed E-state index contributed by atoms with van der Waals surface area (Å²) in [6, 6.07) is -1.04. The van der Waals surface area contributed by atoms with E-state index in [0.717, 1.165) is 0 Å². The zero-order valence-electron chi connectivity index (χ0n) is 6.33. The minimum atomic E-state index is -1.17. The van der Waals surface area contributed by atoms with Crippen LogP contribution in [0.5, 0.6) is 0 Å². The first kappa shape index (κ1) is 7.01. The lowest BCUT2D eigenvalue weighted by molar-refractivity contribution is -0.141. The van der Waals surface area contributed by atoms with Crippen LogP contribution in [0.4, 0.5) is 0 Å². The molecule has 0 aliphatic rings. The quantitative estimate of drug-likeness (QED) is 0.453. The number of nitrogens with two attached hydrogens (primary N) is 1. The molecule has 0 aliphatic heterocycles. The number of carboxylic acid groups (broad SMARTS) is 1. The summed E-state index contributed by atoms with van der Waals surface area (Å²) in [5.41, 5.74) is 4.76. The van der Waals surface area contributed by atoms with Crippen LogP contribution in [-0.4, -0.2) is 30.0 Å². The standard InChI is InChI=1S/C5H10N2O3/c1-7-3(5(9)10)2-4(6)8/h3,7H,2H2,1H3,(H2,6,8)(H,9,10)/i1D. The molecule has 0 aromatic heterocycles. The number of aliphatic carboxylic acids is 1. The third-order valence-electron chi connectivity index (χ3n) is 0.950. The number of carbonyl (C=O) groups is 2. The highest BCUT2D eigenvalue weighted by Crippen LogP contribution is 1.88. The molecule has 0 bridgehead atoms. The van der Waals surface area contributed by atoms with E-state index in [-0.39, 0.29) is 13.4 Å².